The Balaban J connectivity index is 0.000000347. The molecule has 0 aliphatic carbocycles. The second-order valence-electron chi connectivity index (χ2n) is 9.04. The molecule has 6 nitrogen and oxygen atoms in total. The summed E-state index contributed by atoms with van der Waals surface area (Å²) in [6.07, 6.45) is -6.27. The lowest BCUT2D eigenvalue weighted by Gasteiger charge is -2.25. The third-order valence-electron chi connectivity index (χ3n) is 5.96. The highest BCUT2D eigenvalue weighted by atomic mass is 79.9. The van der Waals surface area contributed by atoms with Gasteiger partial charge in [0.1, 0.15) is 29.7 Å². The number of rotatable bonds is 7. The first-order chi connectivity index (χ1) is 19.4. The minimum atomic E-state index is -4.41. The summed E-state index contributed by atoms with van der Waals surface area (Å²) >= 11 is 3.08. The predicted molar refractivity (Wildman–Crippen MR) is 153 cm³/mol. The van der Waals surface area contributed by atoms with Gasteiger partial charge in [-0.15, -0.1) is 12.4 Å². The third-order valence-corrected chi connectivity index (χ3v) is 6.28. The Morgan fingerprint density at radius 1 is 0.714 bits per heavy atom. The van der Waals surface area contributed by atoms with E-state index in [-0.39, 0.29) is 42.9 Å². The van der Waals surface area contributed by atoms with Gasteiger partial charge in [-0.2, -0.15) is 26.3 Å². The number of benzene rings is 2. The molecule has 2 aliphatic heterocycles. The summed E-state index contributed by atoms with van der Waals surface area (Å²) in [6.45, 7) is 4.01. The molecule has 0 unspecified atom stereocenters. The van der Waals surface area contributed by atoms with Gasteiger partial charge in [-0.25, -0.2) is 0 Å². The number of hydrogen-bond donors (Lipinski definition) is 1. The molecule has 2 fully saturated rings. The maximum absolute atomic E-state index is 12.7. The molecule has 4 rings (SSSR count). The second-order valence-corrected chi connectivity index (χ2v) is 9.84. The van der Waals surface area contributed by atoms with Crippen LogP contribution in [0.25, 0.3) is 0 Å². The molecular formula is C28H34BrClF6N2O4. The smallest absolute Gasteiger partial charge is 0.419 e. The molecule has 2 aliphatic rings. The number of hydrogen-bond acceptors (Lipinski definition) is 6. The van der Waals surface area contributed by atoms with Crippen molar-refractivity contribution in [1.82, 2.24) is 10.2 Å². The molecule has 0 spiro atoms. The minimum absolute atomic E-state index is 0. The number of ketones is 2. The fourth-order valence-corrected chi connectivity index (χ4v) is 3.98. The summed E-state index contributed by atoms with van der Waals surface area (Å²) in [4.78, 5) is 23.5. The SMILES string of the molecule is Cl.FC(F)(F)c1ccccc1OCCBr.O=C1CCN(CCOc2ccccc2C(F)(F)F)CC1.O=C1CCNCC1. The molecular weight excluding hydrogens is 658 g/mol. The number of ether oxygens (including phenoxy) is 2. The van der Waals surface area contributed by atoms with Gasteiger partial charge in [-0.1, -0.05) is 40.2 Å². The predicted octanol–water partition coefficient (Wildman–Crippen LogP) is 6.59. The lowest BCUT2D eigenvalue weighted by molar-refractivity contribution is -0.139. The van der Waals surface area contributed by atoms with Crippen molar-refractivity contribution in [1.29, 1.82) is 0 Å². The number of carbonyl (C=O) groups excluding carboxylic acids is 2. The van der Waals surface area contributed by atoms with Crippen molar-refractivity contribution in [2.75, 3.05) is 51.3 Å². The van der Waals surface area contributed by atoms with Crippen LogP contribution in [0.5, 0.6) is 11.5 Å². The Labute approximate surface area is 255 Å². The van der Waals surface area contributed by atoms with Crippen molar-refractivity contribution in [3.05, 3.63) is 59.7 Å². The number of piperidine rings is 2. The molecule has 2 heterocycles. The van der Waals surface area contributed by atoms with Crippen LogP contribution in [-0.2, 0) is 21.9 Å². The monoisotopic (exact) mass is 690 g/mol. The van der Waals surface area contributed by atoms with Gasteiger partial charge in [-0.3, -0.25) is 14.5 Å². The van der Waals surface area contributed by atoms with Crippen LogP contribution in [0.3, 0.4) is 0 Å². The van der Waals surface area contributed by atoms with E-state index >= 15 is 0 Å². The number of likely N-dealkylation sites (tertiary alicyclic amines) is 1. The van der Waals surface area contributed by atoms with E-state index in [2.05, 4.69) is 21.2 Å². The Kier molecular flexibility index (Phi) is 17.1. The molecule has 0 aromatic heterocycles. The average Bonchev–Trinajstić information content (AvgIpc) is 2.93. The van der Waals surface area contributed by atoms with Crippen molar-refractivity contribution in [3.63, 3.8) is 0 Å². The molecule has 0 radical (unpaired) electrons. The number of nitrogens with one attached hydrogen (secondary N) is 1. The molecule has 0 bridgehead atoms. The van der Waals surface area contributed by atoms with E-state index < -0.39 is 23.5 Å². The zero-order valence-electron chi connectivity index (χ0n) is 22.7. The first-order valence-electron chi connectivity index (χ1n) is 13.0. The maximum atomic E-state index is 12.7. The summed E-state index contributed by atoms with van der Waals surface area (Å²) in [6, 6.07) is 10.4. The number of para-hydroxylation sites is 2. The van der Waals surface area contributed by atoms with Gasteiger partial charge in [0.25, 0.3) is 0 Å². The molecule has 2 aromatic carbocycles. The molecule has 14 heteroatoms. The van der Waals surface area contributed by atoms with E-state index in [4.69, 9.17) is 9.47 Å². The molecule has 2 aromatic rings. The second kappa shape index (κ2) is 19.0. The zero-order valence-corrected chi connectivity index (χ0v) is 25.1. The zero-order chi connectivity index (χ0) is 30.3. The van der Waals surface area contributed by atoms with E-state index in [0.717, 1.165) is 38.1 Å². The Hall–Kier alpha value is -2.35. The van der Waals surface area contributed by atoms with Crippen LogP contribution in [0.4, 0.5) is 26.3 Å². The molecule has 0 saturated carbocycles. The van der Waals surface area contributed by atoms with Gasteiger partial charge >= 0.3 is 12.4 Å². The number of carbonyl (C=O) groups is 2. The van der Waals surface area contributed by atoms with E-state index in [1.54, 1.807) is 0 Å². The summed E-state index contributed by atoms with van der Waals surface area (Å²) in [5, 5.41) is 3.59. The molecule has 0 atom stereocenters. The summed E-state index contributed by atoms with van der Waals surface area (Å²) in [5.74, 6) is 0.371. The van der Waals surface area contributed by atoms with Gasteiger partial charge in [0.15, 0.2) is 0 Å². The van der Waals surface area contributed by atoms with Crippen molar-refractivity contribution in [2.45, 2.75) is 38.0 Å². The normalized spacial score (nSPS) is 15.8. The van der Waals surface area contributed by atoms with Gasteiger partial charge in [0.2, 0.25) is 0 Å². The first kappa shape index (κ1) is 37.7. The fraction of sp³-hybridized carbons (Fsp3) is 0.500. The highest BCUT2D eigenvalue weighted by molar-refractivity contribution is 9.09. The Morgan fingerprint density at radius 3 is 1.55 bits per heavy atom. The number of nitrogens with zero attached hydrogens (tertiary/aromatic N) is 1. The number of alkyl halides is 7. The van der Waals surface area contributed by atoms with Crippen molar-refractivity contribution in [2.24, 2.45) is 0 Å². The standard InChI is InChI=1S/C14H16F3NO2.C9H8BrF3O.C5H9NO.ClH/c15-14(16,17)12-3-1-2-4-13(12)20-10-9-18-7-5-11(19)6-8-18;10-5-6-14-8-4-2-1-3-7(8)9(11,12)13;7-5-1-3-6-4-2-5;/h1-4H,5-10H2;1-4H,5-6H2;6H,1-4H2;1H. The van der Waals surface area contributed by atoms with Crippen LogP contribution < -0.4 is 14.8 Å². The van der Waals surface area contributed by atoms with Crippen LogP contribution in [-0.4, -0.2) is 67.7 Å². The molecule has 2 saturated heterocycles. The summed E-state index contributed by atoms with van der Waals surface area (Å²) in [7, 11) is 0. The van der Waals surface area contributed by atoms with E-state index in [1.165, 1.54) is 36.4 Å². The number of halogens is 8. The molecule has 42 heavy (non-hydrogen) atoms. The van der Waals surface area contributed by atoms with Crippen molar-refractivity contribution < 1.29 is 45.4 Å². The highest BCUT2D eigenvalue weighted by Gasteiger charge is 2.34. The van der Waals surface area contributed by atoms with Gasteiger partial charge in [0, 0.05) is 63.7 Å². The largest absolute Gasteiger partial charge is 0.492 e. The minimum Gasteiger partial charge on any atom is -0.492 e. The van der Waals surface area contributed by atoms with Crippen molar-refractivity contribution in [3.8, 4) is 11.5 Å². The average molecular weight is 692 g/mol. The Morgan fingerprint density at radius 2 is 1.14 bits per heavy atom. The fourth-order valence-electron chi connectivity index (χ4n) is 3.82. The lowest BCUT2D eigenvalue weighted by atomic mass is 10.1. The lowest BCUT2D eigenvalue weighted by Crippen LogP contribution is -2.36. The Bertz CT molecular complexity index is 1090. The van der Waals surface area contributed by atoms with Crippen LogP contribution >= 0.6 is 28.3 Å². The molecule has 236 valence electrons. The number of Topliss-reactive ketones (excluding diaryl/α,β-unsaturated/α-hetero) is 2. The van der Waals surface area contributed by atoms with Crippen LogP contribution in [0.15, 0.2) is 48.5 Å². The van der Waals surface area contributed by atoms with Crippen LogP contribution in [0.1, 0.15) is 36.8 Å². The molecule has 0 amide bonds. The molecule has 1 N–H and O–H groups in total. The first-order valence-corrected chi connectivity index (χ1v) is 14.1. The van der Waals surface area contributed by atoms with Crippen molar-refractivity contribution >= 4 is 39.9 Å². The van der Waals surface area contributed by atoms with E-state index in [1.807, 2.05) is 4.90 Å². The summed E-state index contributed by atoms with van der Waals surface area (Å²) in [5.41, 5.74) is -1.49. The topological polar surface area (TPSA) is 67.9 Å². The quantitative estimate of drug-likeness (QED) is 0.261. The van der Waals surface area contributed by atoms with E-state index in [0.29, 0.717) is 43.6 Å². The van der Waals surface area contributed by atoms with E-state index in [9.17, 15) is 35.9 Å². The summed E-state index contributed by atoms with van der Waals surface area (Å²) < 4.78 is 85.6. The van der Waals surface area contributed by atoms with Gasteiger partial charge in [-0.05, 0) is 24.3 Å². The van der Waals surface area contributed by atoms with Gasteiger partial charge in [0.05, 0.1) is 17.7 Å². The van der Waals surface area contributed by atoms with Crippen LogP contribution in [0, 0.1) is 0 Å². The van der Waals surface area contributed by atoms with Crippen LogP contribution in [0.2, 0.25) is 0 Å². The maximum Gasteiger partial charge on any atom is 0.419 e. The van der Waals surface area contributed by atoms with Gasteiger partial charge < -0.3 is 14.8 Å². The third kappa shape index (κ3) is 14.2. The highest BCUT2D eigenvalue weighted by Crippen LogP contribution is 2.36.